The molecule has 0 bridgehead atoms. The summed E-state index contributed by atoms with van der Waals surface area (Å²) in [6, 6.07) is 1.63. The van der Waals surface area contributed by atoms with E-state index in [1.54, 1.807) is 6.08 Å². The van der Waals surface area contributed by atoms with Crippen LogP contribution < -0.4 is 10.0 Å². The maximum Gasteiger partial charge on any atom is 0.333 e. The van der Waals surface area contributed by atoms with Crippen LogP contribution in [0.2, 0.25) is 0 Å². The van der Waals surface area contributed by atoms with Gasteiger partial charge in [0.1, 0.15) is 0 Å². The second kappa shape index (κ2) is 7.93. The van der Waals surface area contributed by atoms with E-state index in [1.807, 2.05) is 0 Å². The van der Waals surface area contributed by atoms with E-state index in [-0.39, 0.29) is 5.54 Å². The summed E-state index contributed by atoms with van der Waals surface area (Å²) in [5.41, 5.74) is 5.61. The second-order valence-electron chi connectivity index (χ2n) is 9.99. The number of anilines is 1. The Morgan fingerprint density at radius 3 is 2.45 bits per heavy atom. The molecule has 4 aliphatic rings. The summed E-state index contributed by atoms with van der Waals surface area (Å²) in [6.07, 6.45) is 12.5. The lowest BCUT2D eigenvalue weighted by atomic mass is 9.99. The van der Waals surface area contributed by atoms with Crippen LogP contribution in [0.25, 0.3) is 0 Å². The molecule has 2 fully saturated rings. The van der Waals surface area contributed by atoms with Gasteiger partial charge >= 0.3 is 6.03 Å². The molecule has 6 nitrogen and oxygen atoms in total. The van der Waals surface area contributed by atoms with Crippen molar-refractivity contribution >= 4 is 21.7 Å². The molecule has 0 aromatic heterocycles. The van der Waals surface area contributed by atoms with Crippen LogP contribution in [0.5, 0.6) is 0 Å². The van der Waals surface area contributed by atoms with E-state index in [2.05, 4.69) is 27.9 Å². The highest BCUT2D eigenvalue weighted by Gasteiger charge is 2.38. The first-order valence-corrected chi connectivity index (χ1v) is 13.3. The standard InChI is InChI=1S/C24H33N3O3S/c1-24(11-4-13-27(24)16-17-9-10-17)12-14-31(29,30)26-23(28)25-22-20-7-2-5-18(20)15-19-6-3-8-21(19)22/h12,14-15,17H,2-11,13,16H2,1H3,(H2,25,26,28)/b14-12+/t24-/m0/s1. The van der Waals surface area contributed by atoms with Gasteiger partial charge in [-0.2, -0.15) is 0 Å². The van der Waals surface area contributed by atoms with Gasteiger partial charge in [0, 0.05) is 23.2 Å². The first-order valence-electron chi connectivity index (χ1n) is 11.8. The van der Waals surface area contributed by atoms with E-state index in [0.717, 1.165) is 76.1 Å². The highest BCUT2D eigenvalue weighted by atomic mass is 32.2. The minimum absolute atomic E-state index is 0.255. The SMILES string of the molecule is C[C@@]1(/C=C/S(=O)(=O)NC(=O)Nc2c3c(cc4c2CCC4)CCC3)CCCN1CC1CC1. The Morgan fingerprint density at radius 2 is 1.81 bits per heavy atom. The third-order valence-electron chi connectivity index (χ3n) is 7.56. The Balaban J connectivity index is 1.28. The van der Waals surface area contributed by atoms with Crippen LogP contribution in [0.3, 0.4) is 0 Å². The Bertz CT molecular complexity index is 997. The summed E-state index contributed by atoms with van der Waals surface area (Å²) in [4.78, 5) is 15.1. The van der Waals surface area contributed by atoms with Crippen molar-refractivity contribution in [2.24, 2.45) is 5.92 Å². The molecule has 1 saturated heterocycles. The number of urea groups is 1. The van der Waals surface area contributed by atoms with E-state index in [9.17, 15) is 13.2 Å². The number of nitrogens with zero attached hydrogens (tertiary/aromatic N) is 1. The fraction of sp³-hybridized carbons (Fsp3) is 0.625. The molecule has 2 amide bonds. The molecule has 1 saturated carbocycles. The topological polar surface area (TPSA) is 78.5 Å². The Labute approximate surface area is 185 Å². The average Bonchev–Trinajstić information content (AvgIpc) is 3.08. The number of benzene rings is 1. The lowest BCUT2D eigenvalue weighted by Crippen LogP contribution is -2.41. The molecule has 1 aromatic carbocycles. The molecule has 0 unspecified atom stereocenters. The Morgan fingerprint density at radius 1 is 1.13 bits per heavy atom. The van der Waals surface area contributed by atoms with Crippen LogP contribution >= 0.6 is 0 Å². The van der Waals surface area contributed by atoms with Crippen LogP contribution in [0, 0.1) is 5.92 Å². The summed E-state index contributed by atoms with van der Waals surface area (Å²) in [6.45, 7) is 4.15. The second-order valence-corrected chi connectivity index (χ2v) is 11.6. The number of nitrogens with one attached hydrogen (secondary N) is 2. The van der Waals surface area contributed by atoms with Gasteiger partial charge in [0.05, 0.1) is 0 Å². The summed E-state index contributed by atoms with van der Waals surface area (Å²) in [7, 11) is -3.86. The van der Waals surface area contributed by atoms with E-state index in [1.165, 1.54) is 40.5 Å². The first kappa shape index (κ1) is 21.0. The van der Waals surface area contributed by atoms with Crippen molar-refractivity contribution in [1.82, 2.24) is 9.62 Å². The van der Waals surface area contributed by atoms with Crippen molar-refractivity contribution in [2.75, 3.05) is 18.4 Å². The molecule has 168 valence electrons. The van der Waals surface area contributed by atoms with Gasteiger partial charge in [-0.3, -0.25) is 4.90 Å². The zero-order valence-electron chi connectivity index (χ0n) is 18.4. The molecule has 0 radical (unpaired) electrons. The third-order valence-corrected chi connectivity index (χ3v) is 8.53. The monoisotopic (exact) mass is 443 g/mol. The number of carbonyl (C=O) groups is 1. The van der Waals surface area contributed by atoms with Crippen molar-refractivity contribution in [3.05, 3.63) is 39.8 Å². The maximum atomic E-state index is 12.7. The van der Waals surface area contributed by atoms with Crippen molar-refractivity contribution < 1.29 is 13.2 Å². The lowest BCUT2D eigenvalue weighted by molar-refractivity contribution is 0.195. The fourth-order valence-corrected chi connectivity index (χ4v) is 6.50. The molecule has 1 heterocycles. The molecule has 0 spiro atoms. The van der Waals surface area contributed by atoms with Crippen LogP contribution in [0.15, 0.2) is 17.6 Å². The molecular weight excluding hydrogens is 410 g/mol. The van der Waals surface area contributed by atoms with Gasteiger partial charge in [-0.25, -0.2) is 17.9 Å². The van der Waals surface area contributed by atoms with E-state index >= 15 is 0 Å². The summed E-state index contributed by atoms with van der Waals surface area (Å²) in [5, 5.41) is 4.10. The predicted octanol–water partition coefficient (Wildman–Crippen LogP) is 3.89. The van der Waals surface area contributed by atoms with Gasteiger partial charge in [0.2, 0.25) is 0 Å². The van der Waals surface area contributed by atoms with Crippen LogP contribution in [-0.4, -0.2) is 38.0 Å². The molecule has 1 aliphatic heterocycles. The smallest absolute Gasteiger partial charge is 0.307 e. The maximum absolute atomic E-state index is 12.7. The van der Waals surface area contributed by atoms with Gasteiger partial charge < -0.3 is 5.32 Å². The van der Waals surface area contributed by atoms with Crippen molar-refractivity contribution in [3.8, 4) is 0 Å². The third kappa shape index (κ3) is 4.40. The van der Waals surface area contributed by atoms with Gasteiger partial charge in [0.25, 0.3) is 10.0 Å². The number of likely N-dealkylation sites (tertiary alicyclic amines) is 1. The molecule has 1 aromatic rings. The van der Waals surface area contributed by atoms with Gasteiger partial charge in [-0.05, 0) is 106 Å². The van der Waals surface area contributed by atoms with Gasteiger partial charge in [-0.15, -0.1) is 0 Å². The number of rotatable bonds is 6. The molecule has 2 N–H and O–H groups in total. The van der Waals surface area contributed by atoms with Crippen molar-refractivity contribution in [1.29, 1.82) is 0 Å². The average molecular weight is 444 g/mol. The molecular formula is C24H33N3O3S. The van der Waals surface area contributed by atoms with Gasteiger partial charge in [-0.1, -0.05) is 12.1 Å². The molecule has 7 heteroatoms. The van der Waals surface area contributed by atoms with Crippen LogP contribution in [-0.2, 0) is 35.7 Å². The molecule has 3 aliphatic carbocycles. The zero-order valence-corrected chi connectivity index (χ0v) is 19.2. The molecule has 31 heavy (non-hydrogen) atoms. The molecule has 5 rings (SSSR count). The lowest BCUT2D eigenvalue weighted by Gasteiger charge is -2.32. The highest BCUT2D eigenvalue weighted by Crippen LogP contribution is 2.39. The fourth-order valence-electron chi connectivity index (χ4n) is 5.65. The largest absolute Gasteiger partial charge is 0.333 e. The summed E-state index contributed by atoms with van der Waals surface area (Å²) < 4.78 is 27.5. The number of hydrogen-bond acceptors (Lipinski definition) is 4. The van der Waals surface area contributed by atoms with Crippen molar-refractivity contribution in [2.45, 2.75) is 76.7 Å². The summed E-state index contributed by atoms with van der Waals surface area (Å²) >= 11 is 0. The first-order chi connectivity index (χ1) is 14.8. The zero-order chi connectivity index (χ0) is 21.6. The predicted molar refractivity (Wildman–Crippen MR) is 123 cm³/mol. The number of aryl methyl sites for hydroxylation is 2. The van der Waals surface area contributed by atoms with E-state index in [0.29, 0.717) is 0 Å². The van der Waals surface area contributed by atoms with Crippen LogP contribution in [0.1, 0.15) is 67.7 Å². The van der Waals surface area contributed by atoms with Crippen LogP contribution in [0.4, 0.5) is 10.5 Å². The number of amides is 2. The number of sulfonamides is 1. The van der Waals surface area contributed by atoms with E-state index in [4.69, 9.17) is 0 Å². The minimum atomic E-state index is -3.86. The molecule has 1 atom stereocenters. The Hall–Kier alpha value is -1.86. The summed E-state index contributed by atoms with van der Waals surface area (Å²) in [5.74, 6) is 0.765. The number of carbonyl (C=O) groups excluding carboxylic acids is 1. The normalized spacial score (nSPS) is 25.7. The number of hydrogen-bond donors (Lipinski definition) is 2. The minimum Gasteiger partial charge on any atom is -0.307 e. The quantitative estimate of drug-likeness (QED) is 0.699. The Kier molecular flexibility index (Phi) is 5.37. The van der Waals surface area contributed by atoms with E-state index < -0.39 is 16.1 Å². The number of fused-ring (bicyclic) bond motifs is 2. The van der Waals surface area contributed by atoms with Gasteiger partial charge in [0.15, 0.2) is 0 Å². The van der Waals surface area contributed by atoms with Crippen molar-refractivity contribution in [3.63, 3.8) is 0 Å². The highest BCUT2D eigenvalue weighted by molar-refractivity contribution is 7.92.